The van der Waals surface area contributed by atoms with Gasteiger partial charge in [0.25, 0.3) is 0 Å². The summed E-state index contributed by atoms with van der Waals surface area (Å²) in [6, 6.07) is 32.7. The molecule has 0 amide bonds. The number of hydrogen-bond acceptors (Lipinski definition) is 0. The quantitative estimate of drug-likeness (QED) is 0.0390. The van der Waals surface area contributed by atoms with Crippen molar-refractivity contribution in [3.05, 3.63) is 130 Å². The first-order valence-corrected chi connectivity index (χ1v) is 39.2. The Kier molecular flexibility index (Phi) is 37.2. The molecule has 0 aromatic heterocycles. The van der Waals surface area contributed by atoms with E-state index in [1.165, 1.54) is 289 Å². The van der Waals surface area contributed by atoms with Crippen molar-refractivity contribution in [1.29, 1.82) is 0 Å². The van der Waals surface area contributed by atoms with Gasteiger partial charge in [0, 0.05) is 10.8 Å². The highest BCUT2D eigenvalue weighted by Gasteiger charge is 2.45. The second kappa shape index (κ2) is 42.6. The molecule has 0 N–H and O–H groups in total. The summed E-state index contributed by atoms with van der Waals surface area (Å²) in [6.07, 6.45) is 59.0. The number of allylic oxidation sites excluding steroid dienone is 4. The van der Waals surface area contributed by atoms with Crippen LogP contribution < -0.4 is 0 Å². The summed E-state index contributed by atoms with van der Waals surface area (Å²) in [4.78, 5) is 0. The van der Waals surface area contributed by atoms with Crippen LogP contribution in [0.4, 0.5) is 0 Å². The van der Waals surface area contributed by atoms with Gasteiger partial charge >= 0.3 is 0 Å². The standard InChI is InChI=1S/C58H82.C12H24.C12H26.C5H6.C2H6/c1-7-13-17-21-27-40-58(41-28-22-18-14-8-2)55-42-46(45(12-6)29-11-5)32-35-51(55)52-37-34-48(44-56(52)58)47-33-36-50-49-30-23-24-31-53(49)57(54(50)43-47,38-25-19-15-9-3)39-26-20-16-10-4;1-4-6-9-12(3,5-2)10-11-7-8-11;1-5-8-10-12(4,7-3)11-9-6-2;1-5-3-2-4-5;1-2/h23-24,30-37,42-45H,7-22,25-29,38-41H2,1-6H3;11H,4-10H2,1-3H3;5-11H2,1-4H3;2-4H,1H3;1-2H3. The fourth-order valence-electron chi connectivity index (χ4n) is 15.7. The van der Waals surface area contributed by atoms with Crippen molar-refractivity contribution in [2.45, 2.75) is 378 Å². The van der Waals surface area contributed by atoms with Crippen LogP contribution in [0.5, 0.6) is 0 Å². The van der Waals surface area contributed by atoms with Crippen LogP contribution in [-0.4, -0.2) is 0 Å². The summed E-state index contributed by atoms with van der Waals surface area (Å²) in [6.45, 7) is 36.8. The second-order valence-corrected chi connectivity index (χ2v) is 29.4. The highest BCUT2D eigenvalue weighted by Crippen LogP contribution is 2.58. The second-order valence-electron chi connectivity index (χ2n) is 29.4. The summed E-state index contributed by atoms with van der Waals surface area (Å²) in [5.74, 6) is 1.76. The van der Waals surface area contributed by atoms with Crippen LogP contribution >= 0.6 is 0 Å². The lowest BCUT2D eigenvalue weighted by atomic mass is 9.69. The topological polar surface area (TPSA) is 0 Å². The van der Waals surface area contributed by atoms with Crippen LogP contribution in [0, 0.1) is 16.7 Å². The van der Waals surface area contributed by atoms with Gasteiger partial charge in [-0.05, 0) is 167 Å². The number of benzene rings is 4. The van der Waals surface area contributed by atoms with Gasteiger partial charge in [0.1, 0.15) is 0 Å². The SMILES string of the molecule is CC.CC1=CC=C1.CCCCC(C)(CC)CC1CC1.CCCCC(C)(CC)CCCC.CCCCCCCC1(CCCCCCC)c2cc(-c3ccc4c(c3)C(CCCCCC)(CCCCCC)c3ccccc3-4)ccc2-c2ccc(C(CC)CCC)cc21. The molecule has 2 atom stereocenters. The zero-order chi connectivity index (χ0) is 65.0. The molecular formula is C89H144. The van der Waals surface area contributed by atoms with E-state index in [-0.39, 0.29) is 10.8 Å². The van der Waals surface area contributed by atoms with Crippen molar-refractivity contribution >= 4 is 0 Å². The van der Waals surface area contributed by atoms with E-state index in [4.69, 9.17) is 0 Å². The number of rotatable bonds is 40. The van der Waals surface area contributed by atoms with Gasteiger partial charge in [0.2, 0.25) is 0 Å². The van der Waals surface area contributed by atoms with Gasteiger partial charge in [-0.2, -0.15) is 0 Å². The first-order chi connectivity index (χ1) is 43.3. The summed E-state index contributed by atoms with van der Waals surface area (Å²) in [5.41, 5.74) is 19.9. The summed E-state index contributed by atoms with van der Waals surface area (Å²) >= 11 is 0. The average molecular weight is 1210 g/mol. The van der Waals surface area contributed by atoms with Crippen molar-refractivity contribution in [2.75, 3.05) is 0 Å². The Morgan fingerprint density at radius 2 is 0.787 bits per heavy atom. The fraction of sp³-hybridized carbons (Fsp3) is 0.685. The molecule has 0 spiro atoms. The molecule has 4 aromatic carbocycles. The number of unbranched alkanes of at least 4 members (excludes halogenated alkanes) is 17. The average Bonchev–Trinajstić information content (AvgIpc) is 1.61. The van der Waals surface area contributed by atoms with Gasteiger partial charge in [-0.1, -0.05) is 381 Å². The van der Waals surface area contributed by atoms with E-state index in [2.05, 4.69) is 188 Å². The molecule has 0 saturated heterocycles. The molecule has 0 nitrogen and oxygen atoms in total. The van der Waals surface area contributed by atoms with Crippen LogP contribution in [-0.2, 0) is 10.8 Å². The molecular weight excluding hydrogens is 1070 g/mol. The third-order valence-corrected chi connectivity index (χ3v) is 22.2. The molecule has 4 aliphatic carbocycles. The largest absolute Gasteiger partial charge is 0.0683 e. The highest BCUT2D eigenvalue weighted by atomic mass is 14.5. The summed E-state index contributed by atoms with van der Waals surface area (Å²) in [7, 11) is 0. The molecule has 0 heteroatoms. The van der Waals surface area contributed by atoms with E-state index in [0.29, 0.717) is 16.7 Å². The first kappa shape index (κ1) is 77.8. The van der Waals surface area contributed by atoms with E-state index in [1.54, 1.807) is 27.8 Å². The molecule has 1 fully saturated rings. The van der Waals surface area contributed by atoms with Crippen LogP contribution in [0.1, 0.15) is 395 Å². The van der Waals surface area contributed by atoms with E-state index in [1.807, 2.05) is 19.9 Å². The van der Waals surface area contributed by atoms with Crippen molar-refractivity contribution in [1.82, 2.24) is 0 Å². The van der Waals surface area contributed by atoms with Crippen molar-refractivity contribution < 1.29 is 0 Å². The van der Waals surface area contributed by atoms with E-state index < -0.39 is 0 Å². The van der Waals surface area contributed by atoms with Gasteiger partial charge in [-0.15, -0.1) is 0 Å². The molecule has 500 valence electrons. The maximum absolute atomic E-state index is 2.73. The molecule has 0 radical (unpaired) electrons. The molecule has 8 rings (SSSR count). The van der Waals surface area contributed by atoms with Crippen LogP contribution in [0.2, 0.25) is 0 Å². The lowest BCUT2D eigenvalue weighted by Gasteiger charge is -2.34. The Morgan fingerprint density at radius 1 is 0.416 bits per heavy atom. The van der Waals surface area contributed by atoms with E-state index in [0.717, 1.165) is 5.92 Å². The van der Waals surface area contributed by atoms with Crippen LogP contribution in [0.3, 0.4) is 0 Å². The van der Waals surface area contributed by atoms with Crippen LogP contribution in [0.15, 0.2) is 103 Å². The maximum atomic E-state index is 2.73. The Bertz CT molecular complexity index is 2540. The Balaban J connectivity index is 0.000000442. The van der Waals surface area contributed by atoms with Crippen molar-refractivity contribution in [3.63, 3.8) is 0 Å². The van der Waals surface area contributed by atoms with Gasteiger partial charge in [-0.25, -0.2) is 0 Å². The summed E-state index contributed by atoms with van der Waals surface area (Å²) < 4.78 is 0. The normalized spacial score (nSPS) is 15.4. The molecule has 4 aliphatic rings. The predicted octanol–water partition coefficient (Wildman–Crippen LogP) is 30.5. The van der Waals surface area contributed by atoms with Gasteiger partial charge < -0.3 is 0 Å². The molecule has 4 aromatic rings. The van der Waals surface area contributed by atoms with Crippen LogP contribution in [0.25, 0.3) is 33.4 Å². The van der Waals surface area contributed by atoms with Gasteiger partial charge in [0.15, 0.2) is 0 Å². The predicted molar refractivity (Wildman–Crippen MR) is 403 cm³/mol. The smallest absolute Gasteiger partial charge is 0.0215 e. The first-order valence-electron chi connectivity index (χ1n) is 39.2. The minimum absolute atomic E-state index is 0.0922. The zero-order valence-corrected chi connectivity index (χ0v) is 62.0. The Labute approximate surface area is 555 Å². The molecule has 0 bridgehead atoms. The minimum Gasteiger partial charge on any atom is -0.0683 e. The van der Waals surface area contributed by atoms with Gasteiger partial charge in [-0.3, -0.25) is 0 Å². The Morgan fingerprint density at radius 3 is 1.17 bits per heavy atom. The monoisotopic (exact) mass is 1210 g/mol. The summed E-state index contributed by atoms with van der Waals surface area (Å²) in [5, 5.41) is 0. The Hall–Kier alpha value is -3.64. The number of fused-ring (bicyclic) bond motifs is 6. The van der Waals surface area contributed by atoms with E-state index in [9.17, 15) is 0 Å². The molecule has 0 heterocycles. The molecule has 89 heavy (non-hydrogen) atoms. The number of hydrogen-bond donors (Lipinski definition) is 0. The van der Waals surface area contributed by atoms with Gasteiger partial charge in [0.05, 0.1) is 0 Å². The molecule has 1 saturated carbocycles. The maximum Gasteiger partial charge on any atom is 0.0215 e. The van der Waals surface area contributed by atoms with E-state index >= 15 is 0 Å². The molecule has 0 aliphatic heterocycles. The third kappa shape index (κ3) is 23.4. The minimum atomic E-state index is 0.0922. The third-order valence-electron chi connectivity index (χ3n) is 22.2. The van der Waals surface area contributed by atoms with Crippen molar-refractivity contribution in [2.24, 2.45) is 16.7 Å². The lowest BCUT2D eigenvalue weighted by molar-refractivity contribution is 0.239. The van der Waals surface area contributed by atoms with Crippen molar-refractivity contribution in [3.8, 4) is 33.4 Å². The zero-order valence-electron chi connectivity index (χ0n) is 62.0. The lowest BCUT2D eigenvalue weighted by Crippen LogP contribution is -2.26. The fourth-order valence-corrected chi connectivity index (χ4v) is 15.7. The molecule has 2 unspecified atom stereocenters. The highest BCUT2D eigenvalue weighted by molar-refractivity contribution is 5.87.